The predicted molar refractivity (Wildman–Crippen MR) is 25.4 cm³/mol. The zero-order valence-electron chi connectivity index (χ0n) is 4.02. The third kappa shape index (κ3) is 1.72. The summed E-state index contributed by atoms with van der Waals surface area (Å²) in [5.74, 6) is 5.41. The lowest BCUT2D eigenvalue weighted by molar-refractivity contribution is 0.531. The molecule has 0 aliphatic carbocycles. The lowest BCUT2D eigenvalue weighted by Gasteiger charge is -2.05. The zero-order chi connectivity index (χ0) is 5.15. The van der Waals surface area contributed by atoms with Crippen molar-refractivity contribution in [3.8, 4) is 0 Å². The summed E-state index contributed by atoms with van der Waals surface area (Å²) >= 11 is 0. The van der Waals surface area contributed by atoms with Crippen LogP contribution in [0, 0.1) is 5.41 Å². The van der Waals surface area contributed by atoms with Crippen molar-refractivity contribution >= 4 is 5.84 Å². The second kappa shape index (κ2) is 1.77. The first kappa shape index (κ1) is 5.43. The fourth-order valence-corrected chi connectivity index (χ4v) is 0. The van der Waals surface area contributed by atoms with E-state index in [1.807, 2.05) is 0 Å². The van der Waals surface area contributed by atoms with E-state index in [1.165, 1.54) is 5.01 Å². The van der Waals surface area contributed by atoms with Gasteiger partial charge in [0.25, 0.3) is 0 Å². The third-order valence-corrected chi connectivity index (χ3v) is 0.529. The van der Waals surface area contributed by atoms with E-state index in [-0.39, 0.29) is 0 Å². The van der Waals surface area contributed by atoms with E-state index in [4.69, 9.17) is 11.3 Å². The molecule has 0 spiro atoms. The molecule has 0 saturated carbocycles. The minimum absolute atomic E-state index is 0.370. The molecule has 0 aromatic rings. The molecule has 6 heavy (non-hydrogen) atoms. The molecule has 0 unspecified atom stereocenters. The average molecular weight is 87.1 g/mol. The van der Waals surface area contributed by atoms with Crippen molar-refractivity contribution in [3.63, 3.8) is 0 Å². The lowest BCUT2D eigenvalue weighted by Crippen LogP contribution is -2.29. The maximum absolute atomic E-state index is 6.75. The summed E-state index contributed by atoms with van der Waals surface area (Å²) in [5.41, 5.74) is 0. The van der Waals surface area contributed by atoms with Crippen LogP contribution in [0.2, 0.25) is 0 Å². The van der Waals surface area contributed by atoms with Crippen molar-refractivity contribution in [1.82, 2.24) is 5.01 Å². The maximum atomic E-state index is 6.75. The number of hydrazine groups is 1. The molecule has 0 aliphatic heterocycles. The van der Waals surface area contributed by atoms with Crippen molar-refractivity contribution in [2.45, 2.75) is 6.92 Å². The molecule has 0 atom stereocenters. The van der Waals surface area contributed by atoms with Gasteiger partial charge in [-0.25, -0.2) is 5.84 Å². The molecule has 0 aromatic heterocycles. The van der Waals surface area contributed by atoms with Crippen molar-refractivity contribution in [2.75, 3.05) is 7.05 Å². The van der Waals surface area contributed by atoms with Gasteiger partial charge in [0.2, 0.25) is 0 Å². The van der Waals surface area contributed by atoms with E-state index in [0.29, 0.717) is 5.84 Å². The first-order valence-corrected chi connectivity index (χ1v) is 1.68. The fourth-order valence-electron chi connectivity index (χ4n) is 0. The summed E-state index contributed by atoms with van der Waals surface area (Å²) in [6, 6.07) is 0. The largest absolute Gasteiger partial charge is 0.302 e. The Morgan fingerprint density at radius 1 is 1.83 bits per heavy atom. The van der Waals surface area contributed by atoms with Crippen LogP contribution < -0.4 is 5.84 Å². The topological polar surface area (TPSA) is 53.1 Å². The van der Waals surface area contributed by atoms with Crippen LogP contribution in [0.1, 0.15) is 6.92 Å². The summed E-state index contributed by atoms with van der Waals surface area (Å²) in [7, 11) is 1.63. The highest BCUT2D eigenvalue weighted by atomic mass is 15.4. The Bertz CT molecular complexity index is 57.1. The van der Waals surface area contributed by atoms with Gasteiger partial charge in [-0.2, -0.15) is 0 Å². The fraction of sp³-hybridized carbons (Fsp3) is 0.667. The minimum atomic E-state index is 0.370. The SMILES string of the molecule is CC(=N)N(C)N. The minimum Gasteiger partial charge on any atom is -0.302 e. The van der Waals surface area contributed by atoms with E-state index < -0.39 is 0 Å². The molecular formula is C3H9N3. The van der Waals surface area contributed by atoms with E-state index in [2.05, 4.69) is 0 Å². The molecule has 0 radical (unpaired) electrons. The Labute approximate surface area is 37.2 Å². The van der Waals surface area contributed by atoms with Crippen molar-refractivity contribution < 1.29 is 0 Å². The van der Waals surface area contributed by atoms with Gasteiger partial charge in [-0.15, -0.1) is 0 Å². The monoisotopic (exact) mass is 87.1 g/mol. The Hall–Kier alpha value is -0.570. The quantitative estimate of drug-likeness (QED) is 0.186. The molecule has 0 aromatic carbocycles. The van der Waals surface area contributed by atoms with Crippen LogP contribution in [-0.2, 0) is 0 Å². The van der Waals surface area contributed by atoms with Crippen LogP contribution in [0.4, 0.5) is 0 Å². The van der Waals surface area contributed by atoms with Crippen LogP contribution in [0.5, 0.6) is 0 Å². The van der Waals surface area contributed by atoms with Crippen LogP contribution in [0.3, 0.4) is 0 Å². The molecule has 0 rings (SSSR count). The average Bonchev–Trinajstić information content (AvgIpc) is 1.36. The van der Waals surface area contributed by atoms with Crippen LogP contribution >= 0.6 is 0 Å². The van der Waals surface area contributed by atoms with Crippen LogP contribution in [0.15, 0.2) is 0 Å². The molecule has 0 aliphatic rings. The number of nitrogens with one attached hydrogen (secondary N) is 1. The Kier molecular flexibility index (Phi) is 1.60. The van der Waals surface area contributed by atoms with Gasteiger partial charge < -0.3 is 5.01 Å². The van der Waals surface area contributed by atoms with Gasteiger partial charge in [-0.3, -0.25) is 5.41 Å². The van der Waals surface area contributed by atoms with Gasteiger partial charge >= 0.3 is 0 Å². The van der Waals surface area contributed by atoms with E-state index in [0.717, 1.165) is 0 Å². The van der Waals surface area contributed by atoms with E-state index in [9.17, 15) is 0 Å². The molecule has 0 fully saturated rings. The smallest absolute Gasteiger partial charge is 0.106 e. The summed E-state index contributed by atoms with van der Waals surface area (Å²) in [6.45, 7) is 1.62. The highest BCUT2D eigenvalue weighted by Gasteiger charge is 1.82. The van der Waals surface area contributed by atoms with Crippen molar-refractivity contribution in [2.24, 2.45) is 5.84 Å². The number of rotatable bonds is 0. The van der Waals surface area contributed by atoms with E-state index >= 15 is 0 Å². The standard InChI is InChI=1S/C3H9N3/c1-3(4)6(2)5/h4H,5H2,1-2H3. The van der Waals surface area contributed by atoms with Gasteiger partial charge in [0.1, 0.15) is 5.84 Å². The number of nitrogens with zero attached hydrogens (tertiary/aromatic N) is 1. The number of hydrogen-bond acceptors (Lipinski definition) is 2. The molecule has 36 valence electrons. The molecular weight excluding hydrogens is 78.1 g/mol. The zero-order valence-corrected chi connectivity index (χ0v) is 4.02. The molecule has 3 nitrogen and oxygen atoms in total. The lowest BCUT2D eigenvalue weighted by atomic mass is 10.7. The van der Waals surface area contributed by atoms with Gasteiger partial charge in [0.15, 0.2) is 0 Å². The Balaban J connectivity index is 3.26. The molecule has 0 heterocycles. The van der Waals surface area contributed by atoms with Gasteiger partial charge in [0.05, 0.1) is 0 Å². The molecule has 3 heteroatoms. The molecule has 0 bridgehead atoms. The normalized spacial score (nSPS) is 7.83. The van der Waals surface area contributed by atoms with Gasteiger partial charge in [-0.05, 0) is 6.92 Å². The summed E-state index contributed by atoms with van der Waals surface area (Å²) in [5, 5.41) is 8.00. The second-order valence-electron chi connectivity index (χ2n) is 1.20. The summed E-state index contributed by atoms with van der Waals surface area (Å²) in [4.78, 5) is 0. The maximum Gasteiger partial charge on any atom is 0.106 e. The molecule has 0 saturated heterocycles. The first-order chi connectivity index (χ1) is 2.64. The Morgan fingerprint density at radius 2 is 2.00 bits per heavy atom. The third-order valence-electron chi connectivity index (χ3n) is 0.529. The number of nitrogens with two attached hydrogens (primary N) is 1. The highest BCUT2D eigenvalue weighted by Crippen LogP contribution is 1.65. The second-order valence-corrected chi connectivity index (χ2v) is 1.20. The predicted octanol–water partition coefficient (Wildman–Crippen LogP) is -0.211. The molecule has 0 amide bonds. The van der Waals surface area contributed by atoms with Crippen molar-refractivity contribution in [3.05, 3.63) is 0 Å². The van der Waals surface area contributed by atoms with Crippen molar-refractivity contribution in [1.29, 1.82) is 5.41 Å². The van der Waals surface area contributed by atoms with E-state index in [1.54, 1.807) is 14.0 Å². The molecule has 3 N–H and O–H groups in total. The number of amidine groups is 1. The Morgan fingerprint density at radius 3 is 2.00 bits per heavy atom. The summed E-state index contributed by atoms with van der Waals surface area (Å²) in [6.07, 6.45) is 0. The highest BCUT2D eigenvalue weighted by molar-refractivity contribution is 5.75. The van der Waals surface area contributed by atoms with Gasteiger partial charge in [-0.1, -0.05) is 0 Å². The van der Waals surface area contributed by atoms with Crippen LogP contribution in [0.25, 0.3) is 0 Å². The summed E-state index contributed by atoms with van der Waals surface area (Å²) < 4.78 is 0. The number of hydrogen-bond donors (Lipinski definition) is 2. The van der Waals surface area contributed by atoms with Crippen LogP contribution in [-0.4, -0.2) is 17.9 Å². The van der Waals surface area contributed by atoms with Gasteiger partial charge in [0, 0.05) is 7.05 Å². The first-order valence-electron chi connectivity index (χ1n) is 1.68.